The first kappa shape index (κ1) is 7.88. The van der Waals surface area contributed by atoms with Crippen molar-refractivity contribution in [3.05, 3.63) is 10.4 Å². The van der Waals surface area contributed by atoms with Crippen LogP contribution in [0.4, 0.5) is 0 Å². The van der Waals surface area contributed by atoms with E-state index in [0.717, 1.165) is 25.7 Å². The molecule has 5 heteroatoms. The minimum Gasteiger partial charge on any atom is -0.411 e. The monoisotopic (exact) mass is 154 g/mol. The molecule has 1 aliphatic rings. The predicted octanol–water partition coefficient (Wildman–Crippen LogP) is 2.07. The molecule has 0 heterocycles. The van der Waals surface area contributed by atoms with Gasteiger partial charge in [0.05, 0.1) is 11.8 Å². The maximum Gasteiger partial charge on any atom is 0.0791 e. The van der Waals surface area contributed by atoms with E-state index in [-0.39, 0.29) is 6.04 Å². The molecule has 0 aliphatic heterocycles. The summed E-state index contributed by atoms with van der Waals surface area (Å²) < 4.78 is 0. The maximum absolute atomic E-state index is 8.49. The smallest absolute Gasteiger partial charge is 0.0791 e. The first-order chi connectivity index (χ1) is 5.38. The molecule has 0 saturated heterocycles. The first-order valence-electron chi connectivity index (χ1n) is 3.63. The third kappa shape index (κ3) is 1.85. The van der Waals surface area contributed by atoms with Gasteiger partial charge >= 0.3 is 0 Å². The topological polar surface area (TPSA) is 81.4 Å². The Hall–Kier alpha value is -1.22. The van der Waals surface area contributed by atoms with Gasteiger partial charge in [0, 0.05) is 4.91 Å². The van der Waals surface area contributed by atoms with Gasteiger partial charge in [0.1, 0.15) is 0 Å². The predicted molar refractivity (Wildman–Crippen MR) is 40.6 cm³/mol. The minimum absolute atomic E-state index is 0.209. The number of oxime groups is 1. The van der Waals surface area contributed by atoms with Gasteiger partial charge < -0.3 is 5.21 Å². The quantitative estimate of drug-likeness (QED) is 0.202. The lowest BCUT2D eigenvalue weighted by atomic mass is 9.94. The van der Waals surface area contributed by atoms with E-state index in [2.05, 4.69) is 15.2 Å². The molecule has 0 aromatic heterocycles. The van der Waals surface area contributed by atoms with E-state index in [9.17, 15) is 0 Å². The third-order valence-corrected chi connectivity index (χ3v) is 1.86. The summed E-state index contributed by atoms with van der Waals surface area (Å²) >= 11 is 0. The van der Waals surface area contributed by atoms with Crippen LogP contribution in [0.5, 0.6) is 0 Å². The Labute approximate surface area is 64.3 Å². The van der Waals surface area contributed by atoms with Crippen molar-refractivity contribution < 1.29 is 5.21 Å². The van der Waals surface area contributed by atoms with Crippen LogP contribution >= 0.6 is 0 Å². The van der Waals surface area contributed by atoms with Gasteiger partial charge in [-0.1, -0.05) is 16.7 Å². The van der Waals surface area contributed by atoms with Crippen molar-refractivity contribution in [1.29, 1.82) is 0 Å². The van der Waals surface area contributed by atoms with E-state index in [1.165, 1.54) is 0 Å². The van der Waals surface area contributed by atoms with Gasteiger partial charge in [0.2, 0.25) is 0 Å². The lowest BCUT2D eigenvalue weighted by Gasteiger charge is -2.17. The van der Waals surface area contributed by atoms with Crippen LogP contribution in [-0.2, 0) is 0 Å². The summed E-state index contributed by atoms with van der Waals surface area (Å²) in [6, 6.07) is -0.209. The molecule has 5 nitrogen and oxygen atoms in total. The summed E-state index contributed by atoms with van der Waals surface area (Å²) in [7, 11) is 0. The van der Waals surface area contributed by atoms with Crippen molar-refractivity contribution >= 4 is 5.71 Å². The largest absolute Gasteiger partial charge is 0.411 e. The molecular formula is C6H10N4O. The van der Waals surface area contributed by atoms with Gasteiger partial charge in [-0.25, -0.2) is 0 Å². The van der Waals surface area contributed by atoms with Crippen molar-refractivity contribution in [3.8, 4) is 0 Å². The molecule has 1 aliphatic carbocycles. The number of rotatable bonds is 1. The molecule has 1 atom stereocenters. The molecule has 0 bridgehead atoms. The Kier molecular flexibility index (Phi) is 2.74. The van der Waals surface area contributed by atoms with Crippen molar-refractivity contribution in [1.82, 2.24) is 0 Å². The van der Waals surface area contributed by atoms with Crippen LogP contribution in [-0.4, -0.2) is 17.0 Å². The van der Waals surface area contributed by atoms with Gasteiger partial charge in [-0.3, -0.25) is 0 Å². The van der Waals surface area contributed by atoms with E-state index < -0.39 is 0 Å². The molecule has 1 fully saturated rings. The van der Waals surface area contributed by atoms with Crippen LogP contribution in [0.25, 0.3) is 10.4 Å². The molecule has 60 valence electrons. The summed E-state index contributed by atoms with van der Waals surface area (Å²) in [6.45, 7) is 0. The lowest BCUT2D eigenvalue weighted by molar-refractivity contribution is 0.312. The van der Waals surface area contributed by atoms with Gasteiger partial charge in [-0.2, -0.15) is 0 Å². The zero-order chi connectivity index (χ0) is 8.10. The van der Waals surface area contributed by atoms with Gasteiger partial charge in [0.25, 0.3) is 0 Å². The van der Waals surface area contributed by atoms with Crippen LogP contribution in [0.2, 0.25) is 0 Å². The molecule has 1 saturated carbocycles. The SMILES string of the molecule is [N-]=[N+]=NC1CCCC/C1=N/O. The fourth-order valence-electron chi connectivity index (χ4n) is 1.28. The standard InChI is InChI=1S/C6H10N4O/c7-10-8-5-3-1-2-4-6(5)9-11/h5,11H,1-4H2/b9-6-. The first-order valence-corrected chi connectivity index (χ1v) is 3.63. The van der Waals surface area contributed by atoms with E-state index in [0.29, 0.717) is 5.71 Å². The molecule has 0 aromatic rings. The van der Waals surface area contributed by atoms with E-state index >= 15 is 0 Å². The van der Waals surface area contributed by atoms with E-state index in [4.69, 9.17) is 10.7 Å². The van der Waals surface area contributed by atoms with E-state index in [1.807, 2.05) is 0 Å². The second kappa shape index (κ2) is 3.83. The van der Waals surface area contributed by atoms with Gasteiger partial charge in [-0.15, -0.1) is 0 Å². The molecule has 11 heavy (non-hydrogen) atoms. The van der Waals surface area contributed by atoms with Crippen molar-refractivity contribution in [2.45, 2.75) is 31.7 Å². The fraction of sp³-hybridized carbons (Fsp3) is 0.833. The zero-order valence-corrected chi connectivity index (χ0v) is 6.14. The average Bonchev–Trinajstić information content (AvgIpc) is 2.06. The van der Waals surface area contributed by atoms with Gasteiger partial charge in [-0.05, 0) is 24.8 Å². The molecule has 0 amide bonds. The average molecular weight is 154 g/mol. The minimum atomic E-state index is -0.209. The Balaban J connectivity index is 2.66. The zero-order valence-electron chi connectivity index (χ0n) is 6.14. The molecular weight excluding hydrogens is 144 g/mol. The highest BCUT2D eigenvalue weighted by Crippen LogP contribution is 2.18. The third-order valence-electron chi connectivity index (χ3n) is 1.86. The summed E-state index contributed by atoms with van der Waals surface area (Å²) in [6.07, 6.45) is 3.63. The highest BCUT2D eigenvalue weighted by molar-refractivity contribution is 5.89. The Morgan fingerprint density at radius 1 is 1.55 bits per heavy atom. The number of nitrogens with zero attached hydrogens (tertiary/aromatic N) is 4. The van der Waals surface area contributed by atoms with Gasteiger partial charge in [0.15, 0.2) is 0 Å². The van der Waals surface area contributed by atoms with Crippen molar-refractivity contribution in [2.24, 2.45) is 10.3 Å². The summed E-state index contributed by atoms with van der Waals surface area (Å²) in [4.78, 5) is 2.69. The highest BCUT2D eigenvalue weighted by Gasteiger charge is 2.18. The van der Waals surface area contributed by atoms with Crippen LogP contribution in [0.1, 0.15) is 25.7 Å². The summed E-state index contributed by atoms with van der Waals surface area (Å²) in [5.41, 5.74) is 8.77. The Bertz CT molecular complexity index is 207. The molecule has 1 N–H and O–H groups in total. The Morgan fingerprint density at radius 3 is 3.00 bits per heavy atom. The fourth-order valence-corrected chi connectivity index (χ4v) is 1.28. The van der Waals surface area contributed by atoms with E-state index in [1.54, 1.807) is 0 Å². The summed E-state index contributed by atoms with van der Waals surface area (Å²) in [5.74, 6) is 0. The molecule has 1 unspecified atom stereocenters. The van der Waals surface area contributed by atoms with Crippen molar-refractivity contribution in [3.63, 3.8) is 0 Å². The number of hydrogen-bond acceptors (Lipinski definition) is 3. The van der Waals surface area contributed by atoms with Crippen LogP contribution in [0.15, 0.2) is 10.3 Å². The van der Waals surface area contributed by atoms with Crippen LogP contribution < -0.4 is 0 Å². The Morgan fingerprint density at radius 2 is 2.36 bits per heavy atom. The number of hydrogen-bond donors (Lipinski definition) is 1. The number of azide groups is 1. The summed E-state index contributed by atoms with van der Waals surface area (Å²) in [5, 5.41) is 15.1. The maximum atomic E-state index is 8.49. The molecule has 0 spiro atoms. The highest BCUT2D eigenvalue weighted by atomic mass is 16.4. The second-order valence-corrected chi connectivity index (χ2v) is 2.56. The lowest BCUT2D eigenvalue weighted by Crippen LogP contribution is -2.22. The normalized spacial score (nSPS) is 28.0. The van der Waals surface area contributed by atoms with Crippen molar-refractivity contribution in [2.75, 3.05) is 0 Å². The van der Waals surface area contributed by atoms with Crippen LogP contribution in [0, 0.1) is 0 Å². The molecule has 1 rings (SSSR count). The van der Waals surface area contributed by atoms with Crippen LogP contribution in [0.3, 0.4) is 0 Å². The second-order valence-electron chi connectivity index (χ2n) is 2.56. The molecule has 0 radical (unpaired) electrons. The molecule has 0 aromatic carbocycles.